The first-order chi connectivity index (χ1) is 12.7. The van der Waals surface area contributed by atoms with Gasteiger partial charge in [0.2, 0.25) is 0 Å². The van der Waals surface area contributed by atoms with E-state index in [4.69, 9.17) is 0 Å². The van der Waals surface area contributed by atoms with Crippen molar-refractivity contribution in [1.29, 1.82) is 10.5 Å². The van der Waals surface area contributed by atoms with E-state index in [9.17, 15) is 10.5 Å². The van der Waals surface area contributed by atoms with Gasteiger partial charge in [0.1, 0.15) is 6.07 Å². The van der Waals surface area contributed by atoms with Crippen LogP contribution in [-0.4, -0.2) is 23.3 Å². The van der Waals surface area contributed by atoms with Gasteiger partial charge >= 0.3 is 0 Å². The van der Waals surface area contributed by atoms with E-state index in [0.717, 1.165) is 47.7 Å². The highest BCUT2D eigenvalue weighted by Crippen LogP contribution is 2.45. The first kappa shape index (κ1) is 16.6. The molecule has 3 heterocycles. The highest BCUT2D eigenvalue weighted by molar-refractivity contribution is 9.10. The van der Waals surface area contributed by atoms with Crippen molar-refractivity contribution in [3.05, 3.63) is 68.5 Å². The molecule has 7 heteroatoms. The number of anilines is 1. The monoisotopic (exact) mass is 406 g/mol. The molecule has 1 unspecified atom stereocenters. The minimum atomic E-state index is -0.288. The molecule has 6 nitrogen and oxygen atoms in total. The molecule has 0 fully saturated rings. The SMILES string of the molecule is N#CC1=C(C2=CCNCC2)Nc2n[nH]cc2C1c1cccc(C#N)c1Br. The fourth-order valence-electron chi connectivity index (χ4n) is 3.51. The highest BCUT2D eigenvalue weighted by Gasteiger charge is 2.34. The van der Waals surface area contributed by atoms with Crippen LogP contribution in [0.1, 0.15) is 29.0 Å². The van der Waals surface area contributed by atoms with Crippen LogP contribution < -0.4 is 10.6 Å². The van der Waals surface area contributed by atoms with Crippen LogP contribution in [0.5, 0.6) is 0 Å². The Morgan fingerprint density at radius 2 is 2.08 bits per heavy atom. The number of benzene rings is 1. The minimum absolute atomic E-state index is 0.288. The van der Waals surface area contributed by atoms with Crippen molar-refractivity contribution in [2.75, 3.05) is 18.4 Å². The zero-order valence-electron chi connectivity index (χ0n) is 13.8. The van der Waals surface area contributed by atoms with E-state index in [1.807, 2.05) is 18.3 Å². The van der Waals surface area contributed by atoms with Crippen molar-refractivity contribution in [1.82, 2.24) is 15.5 Å². The Labute approximate surface area is 159 Å². The van der Waals surface area contributed by atoms with Crippen LogP contribution in [0.25, 0.3) is 0 Å². The van der Waals surface area contributed by atoms with Gasteiger partial charge in [-0.05, 0) is 46.1 Å². The number of hydrogen-bond donors (Lipinski definition) is 3. The van der Waals surface area contributed by atoms with Crippen LogP contribution in [0.2, 0.25) is 0 Å². The number of allylic oxidation sites excluding steroid dienone is 2. The molecule has 1 aromatic heterocycles. The van der Waals surface area contributed by atoms with Crippen molar-refractivity contribution < 1.29 is 0 Å². The first-order valence-electron chi connectivity index (χ1n) is 8.28. The van der Waals surface area contributed by atoms with Crippen molar-refractivity contribution in [3.63, 3.8) is 0 Å². The predicted molar refractivity (Wildman–Crippen MR) is 101 cm³/mol. The van der Waals surface area contributed by atoms with Gasteiger partial charge in [0.25, 0.3) is 0 Å². The lowest BCUT2D eigenvalue weighted by atomic mass is 9.81. The number of nitriles is 2. The molecule has 128 valence electrons. The lowest BCUT2D eigenvalue weighted by Gasteiger charge is -2.29. The summed E-state index contributed by atoms with van der Waals surface area (Å²) in [4.78, 5) is 0. The molecule has 2 aliphatic rings. The van der Waals surface area contributed by atoms with Crippen LogP contribution in [0.3, 0.4) is 0 Å². The van der Waals surface area contributed by atoms with E-state index in [-0.39, 0.29) is 5.92 Å². The standard InChI is InChI=1S/C19H15BrN6/c20-17-12(8-21)2-1-3-13(17)16-14(9-22)18(11-4-6-23-7-5-11)25-19-15(16)10-24-26-19/h1-4,10,16,23H,5-7H2,(H2,24,25,26). The fraction of sp³-hybridized carbons (Fsp3) is 0.211. The molecule has 1 atom stereocenters. The van der Waals surface area contributed by atoms with Crippen LogP contribution in [0.4, 0.5) is 5.82 Å². The number of nitrogens with one attached hydrogen (secondary N) is 3. The molecule has 2 aromatic rings. The summed E-state index contributed by atoms with van der Waals surface area (Å²) >= 11 is 3.56. The van der Waals surface area contributed by atoms with Crippen molar-refractivity contribution in [2.24, 2.45) is 0 Å². The van der Waals surface area contributed by atoms with E-state index >= 15 is 0 Å². The summed E-state index contributed by atoms with van der Waals surface area (Å²) in [5.74, 6) is 0.432. The van der Waals surface area contributed by atoms with Gasteiger partial charge in [-0.1, -0.05) is 18.2 Å². The smallest absolute Gasteiger partial charge is 0.156 e. The van der Waals surface area contributed by atoms with Crippen LogP contribution in [-0.2, 0) is 0 Å². The molecule has 1 aromatic carbocycles. The molecule has 0 radical (unpaired) electrons. The van der Waals surface area contributed by atoms with E-state index in [1.165, 1.54) is 0 Å². The fourth-order valence-corrected chi connectivity index (χ4v) is 4.09. The highest BCUT2D eigenvalue weighted by atomic mass is 79.9. The topological polar surface area (TPSA) is 100 Å². The Hall–Kier alpha value is -2.87. The second-order valence-corrected chi connectivity index (χ2v) is 6.94. The van der Waals surface area contributed by atoms with Gasteiger partial charge in [0.05, 0.1) is 28.8 Å². The number of fused-ring (bicyclic) bond motifs is 1. The Morgan fingerprint density at radius 1 is 1.19 bits per heavy atom. The normalized spacial score (nSPS) is 19.0. The molecular weight excluding hydrogens is 392 g/mol. The Bertz CT molecular complexity index is 1020. The van der Waals surface area contributed by atoms with E-state index < -0.39 is 0 Å². The molecule has 0 spiro atoms. The van der Waals surface area contributed by atoms with Gasteiger partial charge in [-0.3, -0.25) is 5.10 Å². The maximum atomic E-state index is 10.0. The first-order valence-corrected chi connectivity index (χ1v) is 9.07. The Morgan fingerprint density at radius 3 is 2.81 bits per heavy atom. The molecule has 0 aliphatic carbocycles. The number of H-pyrrole nitrogens is 1. The third-order valence-corrected chi connectivity index (χ3v) is 5.63. The third-order valence-electron chi connectivity index (χ3n) is 4.75. The Balaban J connectivity index is 1.95. The van der Waals surface area contributed by atoms with Gasteiger partial charge in [-0.25, -0.2) is 0 Å². The average molecular weight is 407 g/mol. The van der Waals surface area contributed by atoms with Gasteiger partial charge in [0.15, 0.2) is 5.82 Å². The quantitative estimate of drug-likeness (QED) is 0.710. The maximum absolute atomic E-state index is 10.0. The number of hydrogen-bond acceptors (Lipinski definition) is 5. The maximum Gasteiger partial charge on any atom is 0.156 e. The van der Waals surface area contributed by atoms with E-state index in [0.29, 0.717) is 15.6 Å². The molecule has 0 bridgehead atoms. The summed E-state index contributed by atoms with van der Waals surface area (Å²) in [6.45, 7) is 1.66. The second kappa shape index (κ2) is 6.80. The summed E-state index contributed by atoms with van der Waals surface area (Å²) in [5.41, 5.74) is 4.92. The van der Waals surface area contributed by atoms with Crippen molar-refractivity contribution in [2.45, 2.75) is 12.3 Å². The lowest BCUT2D eigenvalue weighted by molar-refractivity contribution is 0.705. The van der Waals surface area contributed by atoms with E-state index in [2.05, 4.69) is 55.0 Å². The predicted octanol–water partition coefficient (Wildman–Crippen LogP) is 3.30. The molecule has 26 heavy (non-hydrogen) atoms. The molecule has 0 amide bonds. The second-order valence-electron chi connectivity index (χ2n) is 6.15. The Kier molecular flexibility index (Phi) is 4.34. The van der Waals surface area contributed by atoms with Crippen molar-refractivity contribution in [3.8, 4) is 12.1 Å². The number of nitrogens with zero attached hydrogens (tertiary/aromatic N) is 3. The molecular formula is C19H15BrN6. The number of aromatic nitrogens is 2. The lowest BCUT2D eigenvalue weighted by Crippen LogP contribution is -2.25. The van der Waals surface area contributed by atoms with Crippen molar-refractivity contribution >= 4 is 21.7 Å². The summed E-state index contributed by atoms with van der Waals surface area (Å²) in [6, 6.07) is 10.2. The summed E-state index contributed by atoms with van der Waals surface area (Å²) in [6.07, 6.45) is 4.77. The van der Waals surface area contributed by atoms with Gasteiger partial charge < -0.3 is 10.6 Å². The third kappa shape index (κ3) is 2.62. The van der Waals surface area contributed by atoms with E-state index in [1.54, 1.807) is 6.07 Å². The van der Waals surface area contributed by atoms with Crippen LogP contribution in [0, 0.1) is 22.7 Å². The number of rotatable bonds is 2. The van der Waals surface area contributed by atoms with Crippen LogP contribution in [0.15, 0.2) is 51.8 Å². The molecule has 0 saturated heterocycles. The molecule has 4 rings (SSSR count). The van der Waals surface area contributed by atoms with Gasteiger partial charge in [-0.2, -0.15) is 15.6 Å². The average Bonchev–Trinajstić information content (AvgIpc) is 3.16. The zero-order chi connectivity index (χ0) is 18.1. The molecule has 3 N–H and O–H groups in total. The summed E-state index contributed by atoms with van der Waals surface area (Å²) in [5, 5.41) is 33.2. The largest absolute Gasteiger partial charge is 0.337 e. The number of aromatic amines is 1. The van der Waals surface area contributed by atoms with Crippen LogP contribution >= 0.6 is 15.9 Å². The minimum Gasteiger partial charge on any atom is -0.337 e. The number of halogens is 1. The van der Waals surface area contributed by atoms with Gasteiger partial charge in [-0.15, -0.1) is 0 Å². The summed E-state index contributed by atoms with van der Waals surface area (Å²) < 4.78 is 0.716. The van der Waals surface area contributed by atoms with Gasteiger partial charge in [0, 0.05) is 22.8 Å². The molecule has 0 saturated carbocycles. The summed E-state index contributed by atoms with van der Waals surface area (Å²) in [7, 11) is 0. The zero-order valence-corrected chi connectivity index (χ0v) is 15.4. The molecule has 2 aliphatic heterocycles.